The molecular formula is C31H35FN6O. The van der Waals surface area contributed by atoms with Crippen LogP contribution in [0.2, 0.25) is 0 Å². The van der Waals surface area contributed by atoms with Gasteiger partial charge in [0, 0.05) is 67.1 Å². The summed E-state index contributed by atoms with van der Waals surface area (Å²) in [5.74, 6) is 2.05. The van der Waals surface area contributed by atoms with Crippen molar-refractivity contribution in [1.29, 1.82) is 0 Å². The second-order valence-corrected chi connectivity index (χ2v) is 12.2. The molecule has 0 amide bonds. The van der Waals surface area contributed by atoms with Crippen LogP contribution in [-0.2, 0) is 17.8 Å². The molecule has 2 saturated heterocycles. The molecule has 5 heterocycles. The topological polar surface area (TPSA) is 74.1 Å². The summed E-state index contributed by atoms with van der Waals surface area (Å²) in [7, 11) is 0. The van der Waals surface area contributed by atoms with Crippen molar-refractivity contribution in [2.75, 3.05) is 19.8 Å². The van der Waals surface area contributed by atoms with Crippen LogP contribution in [0.4, 0.5) is 4.39 Å². The van der Waals surface area contributed by atoms with Crippen LogP contribution in [0.3, 0.4) is 0 Å². The van der Waals surface area contributed by atoms with Gasteiger partial charge < -0.3 is 24.5 Å². The van der Waals surface area contributed by atoms with Gasteiger partial charge in [0.2, 0.25) is 0 Å². The van der Waals surface area contributed by atoms with Crippen molar-refractivity contribution in [2.24, 2.45) is 23.5 Å². The van der Waals surface area contributed by atoms with Gasteiger partial charge in [0.25, 0.3) is 0 Å². The Hall–Kier alpha value is -3.23. The van der Waals surface area contributed by atoms with Gasteiger partial charge in [0.15, 0.2) is 5.82 Å². The maximum atomic E-state index is 16.2. The standard InChI is InChI=1S/C31H35FN6O/c1-18(36-16-22-6-7-26(36)28(22)33)23-11-24(32)29-25(12-23)35-31(38(29)15-20-8-10-39-17-20)27-13-21-3-2-9-34-30(21)37(27)14-19-4-5-19/h2-3,9,11-13,19-20,22,26,28H,1,4-8,10,14-17,33H2/t20?,22-,26?,28?/m1/s1. The smallest absolute Gasteiger partial charge is 0.157 e. The summed E-state index contributed by atoms with van der Waals surface area (Å²) < 4.78 is 26.2. The zero-order chi connectivity index (χ0) is 26.2. The Bertz CT molecular complexity index is 1600. The number of rotatable bonds is 7. The monoisotopic (exact) mass is 526 g/mol. The van der Waals surface area contributed by atoms with E-state index in [2.05, 4.69) is 32.7 Å². The molecule has 3 aromatic heterocycles. The zero-order valence-corrected chi connectivity index (χ0v) is 22.2. The molecule has 2 N–H and O–H groups in total. The number of aromatic nitrogens is 4. The molecule has 4 fully saturated rings. The number of hydrogen-bond acceptors (Lipinski definition) is 5. The molecule has 3 unspecified atom stereocenters. The van der Waals surface area contributed by atoms with Crippen LogP contribution in [0.5, 0.6) is 0 Å². The SMILES string of the molecule is C=C(c1cc(F)c2c(c1)nc(-c1cc3cccnc3n1CC1CC1)n2CC1CCOC1)N1C[C@H]2CCC1C2N. The van der Waals surface area contributed by atoms with E-state index in [-0.39, 0.29) is 11.9 Å². The first-order chi connectivity index (χ1) is 19.0. The number of halogens is 1. The molecule has 39 heavy (non-hydrogen) atoms. The number of likely N-dealkylation sites (tertiary alicyclic amines) is 1. The zero-order valence-electron chi connectivity index (χ0n) is 22.2. The van der Waals surface area contributed by atoms with Crippen molar-refractivity contribution < 1.29 is 9.13 Å². The Morgan fingerprint density at radius 1 is 1.08 bits per heavy atom. The number of imidazole rings is 1. The Morgan fingerprint density at radius 2 is 1.95 bits per heavy atom. The normalized spacial score (nSPS) is 26.5. The first kappa shape index (κ1) is 23.6. The number of fused-ring (bicyclic) bond motifs is 4. The highest BCUT2D eigenvalue weighted by Gasteiger charge is 2.45. The second-order valence-electron chi connectivity index (χ2n) is 12.2. The summed E-state index contributed by atoms with van der Waals surface area (Å²) in [6.07, 6.45) is 7.55. The molecular weight excluding hydrogens is 491 g/mol. The van der Waals surface area contributed by atoms with Crippen molar-refractivity contribution in [1.82, 2.24) is 24.0 Å². The molecule has 2 aliphatic carbocycles. The number of pyridine rings is 1. The van der Waals surface area contributed by atoms with Crippen molar-refractivity contribution in [3.05, 3.63) is 54.5 Å². The Kier molecular flexibility index (Phi) is 5.39. The van der Waals surface area contributed by atoms with Gasteiger partial charge in [0.1, 0.15) is 17.0 Å². The Morgan fingerprint density at radius 3 is 2.69 bits per heavy atom. The van der Waals surface area contributed by atoms with Gasteiger partial charge in [-0.25, -0.2) is 14.4 Å². The van der Waals surface area contributed by atoms with Gasteiger partial charge in [-0.15, -0.1) is 0 Å². The predicted octanol–water partition coefficient (Wildman–Crippen LogP) is 5.03. The molecule has 4 atom stereocenters. The molecule has 2 aliphatic heterocycles. The number of ether oxygens (including phenoxy) is 1. The number of nitrogens with two attached hydrogens (primary N) is 1. The lowest BCUT2D eigenvalue weighted by atomic mass is 10.1. The van der Waals surface area contributed by atoms with Crippen LogP contribution in [0, 0.1) is 23.6 Å². The summed E-state index contributed by atoms with van der Waals surface area (Å²) in [5, 5.41) is 1.09. The van der Waals surface area contributed by atoms with E-state index in [4.69, 9.17) is 20.4 Å². The van der Waals surface area contributed by atoms with Crippen molar-refractivity contribution in [3.63, 3.8) is 0 Å². The van der Waals surface area contributed by atoms with Crippen LogP contribution in [0.1, 0.15) is 37.7 Å². The van der Waals surface area contributed by atoms with Gasteiger partial charge >= 0.3 is 0 Å². The van der Waals surface area contributed by atoms with Crippen LogP contribution < -0.4 is 5.73 Å². The lowest BCUT2D eigenvalue weighted by Gasteiger charge is -2.31. The lowest BCUT2D eigenvalue weighted by Crippen LogP contribution is -2.36. The van der Waals surface area contributed by atoms with E-state index in [9.17, 15) is 0 Å². The fraction of sp³-hybridized carbons (Fsp3) is 0.484. The van der Waals surface area contributed by atoms with E-state index < -0.39 is 0 Å². The summed E-state index contributed by atoms with van der Waals surface area (Å²) >= 11 is 0. The van der Waals surface area contributed by atoms with Gasteiger partial charge in [-0.05, 0) is 74.3 Å². The summed E-state index contributed by atoms with van der Waals surface area (Å²) in [5.41, 5.74) is 11.3. The van der Waals surface area contributed by atoms with Crippen LogP contribution in [0.15, 0.2) is 43.1 Å². The van der Waals surface area contributed by atoms with Crippen LogP contribution in [0.25, 0.3) is 39.3 Å². The summed E-state index contributed by atoms with van der Waals surface area (Å²) in [6.45, 7) is 8.34. The molecule has 8 heteroatoms. The second kappa shape index (κ2) is 8.89. The fourth-order valence-corrected chi connectivity index (χ4v) is 7.28. The minimum atomic E-state index is -0.252. The molecule has 2 saturated carbocycles. The van der Waals surface area contributed by atoms with E-state index >= 15 is 4.39 Å². The maximum absolute atomic E-state index is 16.2. The van der Waals surface area contributed by atoms with Crippen LogP contribution >= 0.6 is 0 Å². The average molecular weight is 527 g/mol. The van der Waals surface area contributed by atoms with Crippen molar-refractivity contribution in [3.8, 4) is 11.5 Å². The first-order valence-corrected chi connectivity index (χ1v) is 14.5. The number of piperidine rings is 1. The largest absolute Gasteiger partial charge is 0.381 e. The van der Waals surface area contributed by atoms with Gasteiger partial charge in [0.05, 0.1) is 17.8 Å². The van der Waals surface area contributed by atoms with Gasteiger partial charge in [-0.3, -0.25) is 0 Å². The highest BCUT2D eigenvalue weighted by atomic mass is 19.1. The van der Waals surface area contributed by atoms with E-state index in [0.29, 0.717) is 48.0 Å². The molecule has 4 aromatic rings. The maximum Gasteiger partial charge on any atom is 0.157 e. The summed E-state index contributed by atoms with van der Waals surface area (Å²) in [6, 6.07) is 10.4. The van der Waals surface area contributed by atoms with E-state index in [0.717, 1.165) is 66.4 Å². The highest BCUT2D eigenvalue weighted by molar-refractivity contribution is 5.88. The van der Waals surface area contributed by atoms with Crippen molar-refractivity contribution in [2.45, 2.75) is 57.3 Å². The van der Waals surface area contributed by atoms with E-state index in [1.165, 1.54) is 19.3 Å². The highest BCUT2D eigenvalue weighted by Crippen LogP contribution is 2.42. The molecule has 8 rings (SSSR count). The van der Waals surface area contributed by atoms with E-state index in [1.807, 2.05) is 18.3 Å². The van der Waals surface area contributed by atoms with E-state index in [1.54, 1.807) is 6.07 Å². The predicted molar refractivity (Wildman–Crippen MR) is 150 cm³/mol. The molecule has 0 radical (unpaired) electrons. The molecule has 4 aliphatic rings. The average Bonchev–Trinajstić information content (AvgIpc) is 3.31. The third-order valence-corrected chi connectivity index (χ3v) is 9.62. The number of hydrogen-bond donors (Lipinski definition) is 1. The first-order valence-electron chi connectivity index (χ1n) is 14.5. The quantitative estimate of drug-likeness (QED) is 0.366. The third-order valence-electron chi connectivity index (χ3n) is 9.62. The van der Waals surface area contributed by atoms with Gasteiger partial charge in [-0.1, -0.05) is 6.58 Å². The lowest BCUT2D eigenvalue weighted by molar-refractivity contribution is 0.183. The molecule has 0 spiro atoms. The minimum absolute atomic E-state index is 0.178. The summed E-state index contributed by atoms with van der Waals surface area (Å²) in [4.78, 5) is 12.2. The third kappa shape index (κ3) is 3.83. The van der Waals surface area contributed by atoms with Gasteiger partial charge in [-0.2, -0.15) is 0 Å². The van der Waals surface area contributed by atoms with Crippen LogP contribution in [-0.4, -0.2) is 55.8 Å². The Balaban J connectivity index is 1.27. The molecule has 7 nitrogen and oxygen atoms in total. The fourth-order valence-electron chi connectivity index (χ4n) is 7.28. The van der Waals surface area contributed by atoms with Crippen molar-refractivity contribution >= 4 is 27.8 Å². The minimum Gasteiger partial charge on any atom is -0.381 e. The molecule has 2 bridgehead atoms. The number of nitrogens with zero attached hydrogens (tertiary/aromatic N) is 5. The molecule has 202 valence electrons. The Labute approximate surface area is 227 Å². The number of benzene rings is 1. The molecule has 1 aromatic carbocycles.